The van der Waals surface area contributed by atoms with E-state index in [2.05, 4.69) is 5.32 Å². The summed E-state index contributed by atoms with van der Waals surface area (Å²) in [7, 11) is 0. The highest BCUT2D eigenvalue weighted by atomic mass is 19.1. The van der Waals surface area contributed by atoms with E-state index in [1.165, 1.54) is 18.2 Å². The van der Waals surface area contributed by atoms with Gasteiger partial charge in [-0.05, 0) is 43.2 Å². The summed E-state index contributed by atoms with van der Waals surface area (Å²) in [5.41, 5.74) is 2.51. The lowest BCUT2D eigenvalue weighted by atomic mass is 10.0. The Labute approximate surface area is 122 Å². The molecule has 2 aromatic carbocycles. The average Bonchev–Trinajstić information content (AvgIpc) is 2.45. The number of halogens is 1. The molecule has 110 valence electrons. The molecular formula is C16H17FN2O2. The summed E-state index contributed by atoms with van der Waals surface area (Å²) in [6.45, 7) is 3.74. The molecule has 0 aliphatic carbocycles. The Morgan fingerprint density at radius 2 is 1.90 bits per heavy atom. The molecule has 1 unspecified atom stereocenters. The first kappa shape index (κ1) is 15.0. The molecule has 0 amide bonds. The normalized spacial score (nSPS) is 12.0. The Kier molecular flexibility index (Phi) is 4.52. The molecule has 1 atom stereocenters. The van der Waals surface area contributed by atoms with Crippen LogP contribution < -0.4 is 5.32 Å². The van der Waals surface area contributed by atoms with Crippen molar-refractivity contribution < 1.29 is 9.31 Å². The van der Waals surface area contributed by atoms with Gasteiger partial charge in [-0.25, -0.2) is 4.39 Å². The fourth-order valence-corrected chi connectivity index (χ4v) is 2.27. The first-order chi connectivity index (χ1) is 10.0. The van der Waals surface area contributed by atoms with Crippen LogP contribution in [0, 0.1) is 22.9 Å². The molecule has 0 radical (unpaired) electrons. The Morgan fingerprint density at radius 1 is 1.24 bits per heavy atom. The molecule has 0 spiro atoms. The van der Waals surface area contributed by atoms with Crippen LogP contribution >= 0.6 is 0 Å². The van der Waals surface area contributed by atoms with Crippen molar-refractivity contribution in [2.24, 2.45) is 0 Å². The molecule has 0 aromatic heterocycles. The van der Waals surface area contributed by atoms with Crippen molar-refractivity contribution in [3.05, 3.63) is 69.5 Å². The van der Waals surface area contributed by atoms with Gasteiger partial charge < -0.3 is 5.32 Å². The van der Waals surface area contributed by atoms with Crippen molar-refractivity contribution in [2.45, 2.75) is 26.3 Å². The third-order valence-electron chi connectivity index (χ3n) is 3.42. The number of aryl methyl sites for hydroxylation is 1. The van der Waals surface area contributed by atoms with E-state index in [0.29, 0.717) is 5.56 Å². The SMILES string of the molecule is CCC(Nc1ccc([N+](=O)[O-])c(C)c1)c1ccc(F)cc1. The largest absolute Gasteiger partial charge is 0.378 e. The van der Waals surface area contributed by atoms with E-state index in [0.717, 1.165) is 17.7 Å². The average molecular weight is 288 g/mol. The Hall–Kier alpha value is -2.43. The molecule has 0 saturated heterocycles. The van der Waals surface area contributed by atoms with Crippen LogP contribution in [-0.4, -0.2) is 4.92 Å². The van der Waals surface area contributed by atoms with Crippen molar-refractivity contribution >= 4 is 11.4 Å². The highest BCUT2D eigenvalue weighted by Crippen LogP contribution is 2.26. The molecule has 21 heavy (non-hydrogen) atoms. The molecule has 0 saturated carbocycles. The van der Waals surface area contributed by atoms with Gasteiger partial charge in [-0.2, -0.15) is 0 Å². The Bertz CT molecular complexity index is 641. The van der Waals surface area contributed by atoms with Crippen LogP contribution in [0.25, 0.3) is 0 Å². The molecular weight excluding hydrogens is 271 g/mol. The summed E-state index contributed by atoms with van der Waals surface area (Å²) < 4.78 is 13.0. The Balaban J connectivity index is 2.20. The number of nitro benzene ring substituents is 1. The van der Waals surface area contributed by atoms with E-state index >= 15 is 0 Å². The second-order valence-corrected chi connectivity index (χ2v) is 4.92. The summed E-state index contributed by atoms with van der Waals surface area (Å²) in [5, 5.41) is 14.1. The monoisotopic (exact) mass is 288 g/mol. The number of hydrogen-bond acceptors (Lipinski definition) is 3. The molecule has 2 rings (SSSR count). The van der Waals surface area contributed by atoms with E-state index in [1.54, 1.807) is 31.2 Å². The molecule has 4 nitrogen and oxygen atoms in total. The number of hydrogen-bond donors (Lipinski definition) is 1. The van der Waals surface area contributed by atoms with Crippen LogP contribution in [0.2, 0.25) is 0 Å². The van der Waals surface area contributed by atoms with Gasteiger partial charge >= 0.3 is 0 Å². The summed E-state index contributed by atoms with van der Waals surface area (Å²) in [4.78, 5) is 10.4. The van der Waals surface area contributed by atoms with Crippen LogP contribution in [-0.2, 0) is 0 Å². The van der Waals surface area contributed by atoms with E-state index in [4.69, 9.17) is 0 Å². The van der Waals surface area contributed by atoms with Gasteiger partial charge in [0.1, 0.15) is 5.82 Å². The van der Waals surface area contributed by atoms with Gasteiger partial charge in [0, 0.05) is 17.3 Å². The number of benzene rings is 2. The Morgan fingerprint density at radius 3 is 2.43 bits per heavy atom. The van der Waals surface area contributed by atoms with Crippen molar-refractivity contribution in [1.29, 1.82) is 0 Å². The van der Waals surface area contributed by atoms with Gasteiger partial charge in [0.05, 0.1) is 11.0 Å². The van der Waals surface area contributed by atoms with Gasteiger partial charge in [0.25, 0.3) is 5.69 Å². The lowest BCUT2D eigenvalue weighted by Crippen LogP contribution is -2.10. The van der Waals surface area contributed by atoms with Crippen LogP contribution in [0.3, 0.4) is 0 Å². The molecule has 5 heteroatoms. The van der Waals surface area contributed by atoms with Crippen molar-refractivity contribution in [2.75, 3.05) is 5.32 Å². The first-order valence-electron chi connectivity index (χ1n) is 6.78. The van der Waals surface area contributed by atoms with Crippen LogP contribution in [0.5, 0.6) is 0 Å². The van der Waals surface area contributed by atoms with E-state index < -0.39 is 4.92 Å². The molecule has 1 N–H and O–H groups in total. The van der Waals surface area contributed by atoms with Crippen LogP contribution in [0.15, 0.2) is 42.5 Å². The smallest absolute Gasteiger partial charge is 0.272 e. The fourth-order valence-electron chi connectivity index (χ4n) is 2.27. The molecule has 0 heterocycles. The summed E-state index contributed by atoms with van der Waals surface area (Å²) >= 11 is 0. The zero-order valence-corrected chi connectivity index (χ0v) is 12.0. The standard InChI is InChI=1S/C16H17FN2O2/c1-3-15(12-4-6-13(17)7-5-12)18-14-8-9-16(19(20)21)11(2)10-14/h4-10,15,18H,3H2,1-2H3. The summed E-state index contributed by atoms with van der Waals surface area (Å²) in [5.74, 6) is -0.264. The lowest BCUT2D eigenvalue weighted by Gasteiger charge is -2.19. The quantitative estimate of drug-likeness (QED) is 0.646. The van der Waals surface area contributed by atoms with E-state index in [1.807, 2.05) is 6.92 Å². The first-order valence-corrected chi connectivity index (χ1v) is 6.78. The van der Waals surface area contributed by atoms with Crippen LogP contribution in [0.1, 0.15) is 30.5 Å². The fraction of sp³-hybridized carbons (Fsp3) is 0.250. The van der Waals surface area contributed by atoms with Crippen molar-refractivity contribution in [1.82, 2.24) is 0 Å². The molecule has 0 aliphatic heterocycles. The predicted molar refractivity (Wildman–Crippen MR) is 80.9 cm³/mol. The van der Waals surface area contributed by atoms with Gasteiger partial charge in [-0.1, -0.05) is 19.1 Å². The highest BCUT2D eigenvalue weighted by Gasteiger charge is 2.13. The van der Waals surface area contributed by atoms with Gasteiger partial charge in [0.2, 0.25) is 0 Å². The zero-order valence-electron chi connectivity index (χ0n) is 12.0. The van der Waals surface area contributed by atoms with Gasteiger partial charge in [-0.15, -0.1) is 0 Å². The zero-order chi connectivity index (χ0) is 15.4. The molecule has 0 aliphatic rings. The summed E-state index contributed by atoms with van der Waals surface area (Å²) in [6.07, 6.45) is 0.821. The maximum Gasteiger partial charge on any atom is 0.272 e. The topological polar surface area (TPSA) is 55.2 Å². The third-order valence-corrected chi connectivity index (χ3v) is 3.42. The number of nitrogens with one attached hydrogen (secondary N) is 1. The second-order valence-electron chi connectivity index (χ2n) is 4.92. The number of rotatable bonds is 5. The maximum atomic E-state index is 13.0. The summed E-state index contributed by atoms with van der Waals surface area (Å²) in [6, 6.07) is 11.3. The van der Waals surface area contributed by atoms with Crippen molar-refractivity contribution in [3.8, 4) is 0 Å². The molecule has 0 fully saturated rings. The van der Waals surface area contributed by atoms with Crippen LogP contribution in [0.4, 0.5) is 15.8 Å². The van der Waals surface area contributed by atoms with Gasteiger partial charge in [0.15, 0.2) is 0 Å². The molecule has 2 aromatic rings. The minimum Gasteiger partial charge on any atom is -0.378 e. The predicted octanol–water partition coefficient (Wildman–Crippen LogP) is 4.61. The number of nitrogens with zero attached hydrogens (tertiary/aromatic N) is 1. The third kappa shape index (κ3) is 3.56. The van der Waals surface area contributed by atoms with E-state index in [-0.39, 0.29) is 17.5 Å². The lowest BCUT2D eigenvalue weighted by molar-refractivity contribution is -0.385. The van der Waals surface area contributed by atoms with Crippen molar-refractivity contribution in [3.63, 3.8) is 0 Å². The number of nitro groups is 1. The van der Waals surface area contributed by atoms with E-state index in [9.17, 15) is 14.5 Å². The molecule has 0 bridgehead atoms. The van der Waals surface area contributed by atoms with Gasteiger partial charge in [-0.3, -0.25) is 10.1 Å². The number of anilines is 1. The minimum absolute atomic E-state index is 0.0338. The maximum absolute atomic E-state index is 13.0. The highest BCUT2D eigenvalue weighted by molar-refractivity contribution is 5.54. The second kappa shape index (κ2) is 6.35. The minimum atomic E-state index is -0.392.